The number of hydrogen-bond acceptors (Lipinski definition) is 8. The summed E-state index contributed by atoms with van der Waals surface area (Å²) in [4.78, 5) is 49.9. The minimum absolute atomic E-state index is 0.332. The van der Waals surface area contributed by atoms with Crippen molar-refractivity contribution in [3.8, 4) is 22.4 Å². The molecule has 0 spiro atoms. The molecule has 45 heavy (non-hydrogen) atoms. The Morgan fingerprint density at radius 2 is 1.60 bits per heavy atom. The number of amides is 3. The number of H-pyrrole nitrogens is 1. The fourth-order valence-corrected chi connectivity index (χ4v) is 4.57. The summed E-state index contributed by atoms with van der Waals surface area (Å²) in [6.45, 7) is 9.79. The van der Waals surface area contributed by atoms with Crippen LogP contribution in [0.5, 0.6) is 0 Å². The highest BCUT2D eigenvalue weighted by Gasteiger charge is 2.35. The summed E-state index contributed by atoms with van der Waals surface area (Å²) in [6, 6.07) is 13.7. The Hall–Kier alpha value is -5.00. The molecule has 238 valence electrons. The second kappa shape index (κ2) is 13.7. The normalized spacial score (nSPS) is 12.3. The highest BCUT2D eigenvalue weighted by atomic mass is 19.1. The summed E-state index contributed by atoms with van der Waals surface area (Å²) in [5, 5.41) is 8.96. The fourth-order valence-electron chi connectivity index (χ4n) is 4.57. The maximum absolute atomic E-state index is 13.7. The number of nitrogens with one attached hydrogen (secondary N) is 4. The molecule has 11 nitrogen and oxygen atoms in total. The summed E-state index contributed by atoms with van der Waals surface area (Å²) in [5.74, 6) is -0.675. The molecular weight excluding hydrogens is 579 g/mol. The van der Waals surface area contributed by atoms with Crippen molar-refractivity contribution in [2.24, 2.45) is 0 Å². The van der Waals surface area contributed by atoms with E-state index in [1.54, 1.807) is 51.4 Å². The summed E-state index contributed by atoms with van der Waals surface area (Å²) in [7, 11) is 0. The molecule has 0 fully saturated rings. The predicted molar refractivity (Wildman–Crippen MR) is 170 cm³/mol. The molecule has 4 aromatic rings. The number of alkyl carbamates (subject to hydrolysis) is 2. The van der Waals surface area contributed by atoms with Gasteiger partial charge >= 0.3 is 12.2 Å². The van der Waals surface area contributed by atoms with Gasteiger partial charge in [0.2, 0.25) is 0 Å². The van der Waals surface area contributed by atoms with Crippen LogP contribution in [0.15, 0.2) is 60.9 Å². The number of fused-ring (bicyclic) bond motifs is 1. The largest absolute Gasteiger partial charge is 0.444 e. The molecule has 0 saturated carbocycles. The van der Waals surface area contributed by atoms with Crippen LogP contribution in [0.25, 0.3) is 33.4 Å². The number of carbonyl (C=O) groups excluding carboxylic acids is 3. The Balaban J connectivity index is 1.54. The monoisotopic (exact) mass is 618 g/mol. The Labute approximate surface area is 261 Å². The second-order valence-electron chi connectivity index (χ2n) is 12.0. The van der Waals surface area contributed by atoms with Crippen molar-refractivity contribution in [1.82, 2.24) is 25.6 Å². The van der Waals surface area contributed by atoms with Gasteiger partial charge in [0.1, 0.15) is 29.0 Å². The Morgan fingerprint density at radius 3 is 2.24 bits per heavy atom. The summed E-state index contributed by atoms with van der Waals surface area (Å²) < 4.78 is 24.2. The molecule has 0 aliphatic heterocycles. The molecular formula is C33H39FN6O5. The van der Waals surface area contributed by atoms with Crippen molar-refractivity contribution < 1.29 is 28.2 Å². The van der Waals surface area contributed by atoms with Crippen LogP contribution in [-0.2, 0) is 14.3 Å². The zero-order chi connectivity index (χ0) is 32.8. The van der Waals surface area contributed by atoms with Crippen LogP contribution in [0.3, 0.4) is 0 Å². The molecule has 0 saturated heterocycles. The highest BCUT2D eigenvalue weighted by Crippen LogP contribution is 2.38. The molecule has 1 atom stereocenters. The Bertz CT molecular complexity index is 1650. The molecule has 0 aliphatic rings. The minimum Gasteiger partial charge on any atom is -0.444 e. The van der Waals surface area contributed by atoms with Gasteiger partial charge in [-0.1, -0.05) is 13.3 Å². The first-order valence-electron chi connectivity index (χ1n) is 14.8. The molecule has 12 heteroatoms. The van der Waals surface area contributed by atoms with Crippen LogP contribution in [-0.4, -0.2) is 50.4 Å². The number of aromatic amines is 1. The standard InChI is InChI=1S/C33H39FN6O5/c1-7-8-9-24(38-30(42)45-33(5,6)29(41)40-31(43)44-32(2,3)4)36-25-15-14-23-26(20-16-18-35-19-17-20)27(39-28(23)37-25)21-10-12-22(34)13-11-21/h10-19,24H,7-9H2,1-6H3,(H,38,42)(H2,36,37,39)(H,40,41,43). The average molecular weight is 619 g/mol. The highest BCUT2D eigenvalue weighted by molar-refractivity contribution is 6.03. The Morgan fingerprint density at radius 1 is 0.911 bits per heavy atom. The molecule has 4 N–H and O–H groups in total. The van der Waals surface area contributed by atoms with E-state index in [1.165, 1.54) is 26.0 Å². The summed E-state index contributed by atoms with van der Waals surface area (Å²) in [6.07, 6.45) is 3.24. The lowest BCUT2D eigenvalue weighted by molar-refractivity contribution is -0.136. The first kappa shape index (κ1) is 32.9. The SMILES string of the molecule is CCCCC(NC(=O)OC(C)(C)C(=O)NC(=O)OC(C)(C)C)Nc1ccc2c(-c3ccncc3)c(-c3ccc(F)cc3)[nH]c2n1. The topological polar surface area (TPSA) is 147 Å². The number of unbranched alkanes of at least 4 members (excludes halogenated alkanes) is 1. The predicted octanol–water partition coefficient (Wildman–Crippen LogP) is 6.92. The van der Waals surface area contributed by atoms with Gasteiger partial charge in [-0.15, -0.1) is 0 Å². The van der Waals surface area contributed by atoms with Crippen LogP contribution < -0.4 is 16.0 Å². The number of benzene rings is 1. The van der Waals surface area contributed by atoms with E-state index in [1.807, 2.05) is 25.1 Å². The van der Waals surface area contributed by atoms with Crippen LogP contribution in [0.4, 0.5) is 19.8 Å². The molecule has 0 bridgehead atoms. The van der Waals surface area contributed by atoms with Crippen molar-refractivity contribution in [3.05, 3.63) is 66.7 Å². The third-order valence-corrected chi connectivity index (χ3v) is 6.73. The van der Waals surface area contributed by atoms with Gasteiger partial charge in [0.15, 0.2) is 5.60 Å². The van der Waals surface area contributed by atoms with E-state index in [2.05, 4.69) is 25.9 Å². The van der Waals surface area contributed by atoms with E-state index < -0.39 is 35.5 Å². The number of ether oxygens (including phenoxy) is 2. The van der Waals surface area contributed by atoms with Gasteiger partial charge in [-0.05, 0) is 107 Å². The number of pyridine rings is 2. The number of hydrogen-bond donors (Lipinski definition) is 4. The molecule has 3 aromatic heterocycles. The third-order valence-electron chi connectivity index (χ3n) is 6.73. The van der Waals surface area contributed by atoms with E-state index in [-0.39, 0.29) is 5.82 Å². The average Bonchev–Trinajstić information content (AvgIpc) is 3.34. The second-order valence-corrected chi connectivity index (χ2v) is 12.0. The van der Waals surface area contributed by atoms with Gasteiger partial charge < -0.3 is 25.1 Å². The van der Waals surface area contributed by atoms with Crippen LogP contribution in [0.2, 0.25) is 0 Å². The van der Waals surface area contributed by atoms with Crippen LogP contribution in [0, 0.1) is 5.82 Å². The van der Waals surface area contributed by atoms with Crippen molar-refractivity contribution in [3.63, 3.8) is 0 Å². The lowest BCUT2D eigenvalue weighted by Gasteiger charge is -2.27. The van der Waals surface area contributed by atoms with Gasteiger partial charge in [0.25, 0.3) is 5.91 Å². The number of carbonyl (C=O) groups is 3. The van der Waals surface area contributed by atoms with E-state index >= 15 is 0 Å². The first-order valence-corrected chi connectivity index (χ1v) is 14.8. The molecule has 3 amide bonds. The zero-order valence-corrected chi connectivity index (χ0v) is 26.3. The Kier molecular flexibility index (Phi) is 10.1. The summed E-state index contributed by atoms with van der Waals surface area (Å²) >= 11 is 0. The fraction of sp³-hybridized carbons (Fsp3) is 0.364. The minimum atomic E-state index is -1.67. The van der Waals surface area contributed by atoms with Gasteiger partial charge in [-0.3, -0.25) is 15.1 Å². The van der Waals surface area contributed by atoms with Gasteiger partial charge in [-0.25, -0.2) is 19.0 Å². The molecule has 3 heterocycles. The maximum atomic E-state index is 13.7. The number of halogens is 1. The third kappa shape index (κ3) is 8.78. The van der Waals surface area contributed by atoms with E-state index in [9.17, 15) is 18.8 Å². The van der Waals surface area contributed by atoms with Crippen LogP contribution in [0.1, 0.15) is 60.8 Å². The molecule has 0 aliphatic carbocycles. The lowest BCUT2D eigenvalue weighted by Crippen LogP contribution is -2.51. The van der Waals surface area contributed by atoms with Crippen LogP contribution >= 0.6 is 0 Å². The number of aromatic nitrogens is 3. The van der Waals surface area contributed by atoms with Gasteiger partial charge in [0, 0.05) is 23.3 Å². The first-order chi connectivity index (χ1) is 21.3. The number of anilines is 1. The van der Waals surface area contributed by atoms with E-state index in [0.717, 1.165) is 40.6 Å². The van der Waals surface area contributed by atoms with Crippen molar-refractivity contribution in [1.29, 1.82) is 0 Å². The van der Waals surface area contributed by atoms with Gasteiger partial charge in [0.05, 0.1) is 5.69 Å². The number of imide groups is 1. The lowest BCUT2D eigenvalue weighted by atomic mass is 10.00. The molecule has 4 rings (SSSR count). The quantitative estimate of drug-likeness (QED) is 0.140. The van der Waals surface area contributed by atoms with Gasteiger partial charge in [-0.2, -0.15) is 0 Å². The number of nitrogens with zero attached hydrogens (tertiary/aromatic N) is 2. The molecule has 1 unspecified atom stereocenters. The van der Waals surface area contributed by atoms with Crippen molar-refractivity contribution in [2.75, 3.05) is 5.32 Å². The number of rotatable bonds is 10. The maximum Gasteiger partial charge on any atom is 0.414 e. The smallest absolute Gasteiger partial charge is 0.414 e. The summed E-state index contributed by atoms with van der Waals surface area (Å²) in [5.41, 5.74) is 1.50. The molecule has 1 aromatic carbocycles. The molecule has 0 radical (unpaired) electrons. The van der Waals surface area contributed by atoms with E-state index in [4.69, 9.17) is 14.5 Å². The van der Waals surface area contributed by atoms with E-state index in [0.29, 0.717) is 17.9 Å². The van der Waals surface area contributed by atoms with Crippen molar-refractivity contribution >= 4 is 34.9 Å². The van der Waals surface area contributed by atoms with Crippen molar-refractivity contribution in [2.45, 2.75) is 78.2 Å². The zero-order valence-electron chi connectivity index (χ0n) is 26.3.